The number of benzene rings is 1. The molecule has 1 saturated heterocycles. The maximum Gasteiger partial charge on any atom is 0.250 e. The number of hydrogen-bond donors (Lipinski definition) is 1. The van der Waals surface area contributed by atoms with Crippen LogP contribution in [0.2, 0.25) is 0 Å². The molecule has 1 amide bonds. The summed E-state index contributed by atoms with van der Waals surface area (Å²) in [6, 6.07) is 13.3. The highest BCUT2D eigenvalue weighted by Gasteiger charge is 2.25. The highest BCUT2D eigenvalue weighted by atomic mass is 32.2. The molecule has 2 heterocycles. The lowest BCUT2D eigenvalue weighted by molar-refractivity contribution is -0.132. The van der Waals surface area contributed by atoms with Gasteiger partial charge >= 0.3 is 0 Å². The van der Waals surface area contributed by atoms with Crippen LogP contribution in [0.25, 0.3) is 0 Å². The number of hydrogen-bond acceptors (Lipinski definition) is 4. The van der Waals surface area contributed by atoms with Gasteiger partial charge in [0.1, 0.15) is 4.21 Å². The monoisotopic (exact) mass is 392 g/mol. The summed E-state index contributed by atoms with van der Waals surface area (Å²) in [4.78, 5) is 14.4. The zero-order valence-electron chi connectivity index (χ0n) is 14.6. The fourth-order valence-corrected chi connectivity index (χ4v) is 5.38. The van der Waals surface area contributed by atoms with Gasteiger partial charge in [0.25, 0.3) is 0 Å². The van der Waals surface area contributed by atoms with E-state index in [1.807, 2.05) is 35.2 Å². The molecule has 0 bridgehead atoms. The Morgan fingerprint density at radius 2 is 2.00 bits per heavy atom. The van der Waals surface area contributed by atoms with Gasteiger partial charge in [0.05, 0.1) is 0 Å². The third-order valence-electron chi connectivity index (χ3n) is 4.66. The average Bonchev–Trinajstić information content (AvgIpc) is 3.21. The molecule has 0 saturated carbocycles. The summed E-state index contributed by atoms with van der Waals surface area (Å²) in [5.74, 6) is 0.318. The molecule has 1 aromatic carbocycles. The van der Waals surface area contributed by atoms with Crippen molar-refractivity contribution >= 4 is 27.3 Å². The molecule has 1 fully saturated rings. The molecule has 1 atom stereocenters. The Morgan fingerprint density at radius 3 is 2.73 bits per heavy atom. The number of carbonyl (C=O) groups is 1. The van der Waals surface area contributed by atoms with Crippen molar-refractivity contribution in [1.82, 2.24) is 9.62 Å². The summed E-state index contributed by atoms with van der Waals surface area (Å²) in [7, 11) is -3.44. The number of amides is 1. The molecule has 0 unspecified atom stereocenters. The predicted molar refractivity (Wildman–Crippen MR) is 104 cm³/mol. The molecule has 140 valence electrons. The van der Waals surface area contributed by atoms with E-state index in [9.17, 15) is 13.2 Å². The van der Waals surface area contributed by atoms with Crippen LogP contribution < -0.4 is 4.72 Å². The first-order chi connectivity index (χ1) is 12.5. The number of thiophene rings is 1. The molecule has 7 heteroatoms. The molecule has 26 heavy (non-hydrogen) atoms. The fraction of sp³-hybridized carbons (Fsp3) is 0.421. The van der Waals surface area contributed by atoms with Crippen LogP contribution in [0.3, 0.4) is 0 Å². The van der Waals surface area contributed by atoms with Crippen molar-refractivity contribution in [3.63, 3.8) is 0 Å². The van der Waals surface area contributed by atoms with Crippen LogP contribution >= 0.6 is 11.3 Å². The van der Waals surface area contributed by atoms with Crippen LogP contribution in [0.1, 0.15) is 24.8 Å². The van der Waals surface area contributed by atoms with Gasteiger partial charge in [-0.2, -0.15) is 0 Å². The molecule has 1 aliphatic rings. The number of rotatable bonds is 7. The summed E-state index contributed by atoms with van der Waals surface area (Å²) in [5, 5.41) is 1.75. The molecule has 0 spiro atoms. The molecule has 1 N–H and O–H groups in total. The van der Waals surface area contributed by atoms with Gasteiger partial charge in [0, 0.05) is 26.1 Å². The number of carbonyl (C=O) groups excluding carboxylic acids is 1. The smallest absolute Gasteiger partial charge is 0.250 e. The fourth-order valence-electron chi connectivity index (χ4n) is 3.23. The number of piperidine rings is 1. The van der Waals surface area contributed by atoms with E-state index in [0.717, 1.165) is 31.4 Å². The minimum atomic E-state index is -3.44. The van der Waals surface area contributed by atoms with Gasteiger partial charge in [-0.15, -0.1) is 11.3 Å². The standard InChI is InChI=1S/C19H24N2O3S2/c22-18(11-10-16-6-2-1-3-7-16)21-12-4-8-17(15-21)14-20-26(23,24)19-9-5-13-25-19/h1-3,5-7,9,13,17,20H,4,8,10-12,14-15H2/t17-/m0/s1. The summed E-state index contributed by atoms with van der Waals surface area (Å²) in [5.41, 5.74) is 1.16. The lowest BCUT2D eigenvalue weighted by Crippen LogP contribution is -2.43. The zero-order chi connectivity index (χ0) is 18.4. The van der Waals surface area contributed by atoms with Crippen molar-refractivity contribution in [2.24, 2.45) is 5.92 Å². The van der Waals surface area contributed by atoms with Crippen LogP contribution in [0.5, 0.6) is 0 Å². The van der Waals surface area contributed by atoms with Gasteiger partial charge in [-0.3, -0.25) is 4.79 Å². The molecule has 2 aromatic rings. The Balaban J connectivity index is 1.48. The van der Waals surface area contributed by atoms with E-state index in [4.69, 9.17) is 0 Å². The Morgan fingerprint density at radius 1 is 1.19 bits per heavy atom. The second-order valence-electron chi connectivity index (χ2n) is 6.62. The quantitative estimate of drug-likeness (QED) is 0.788. The summed E-state index contributed by atoms with van der Waals surface area (Å²) in [6.45, 7) is 1.77. The van der Waals surface area contributed by atoms with E-state index in [1.54, 1.807) is 17.5 Å². The molecule has 0 aliphatic carbocycles. The topological polar surface area (TPSA) is 66.5 Å². The molecule has 0 radical (unpaired) electrons. The highest BCUT2D eigenvalue weighted by molar-refractivity contribution is 7.91. The Bertz CT molecular complexity index is 805. The van der Waals surface area contributed by atoms with E-state index in [-0.39, 0.29) is 11.8 Å². The lowest BCUT2D eigenvalue weighted by atomic mass is 9.97. The third-order valence-corrected chi connectivity index (χ3v) is 7.49. The minimum absolute atomic E-state index is 0.152. The van der Waals surface area contributed by atoms with Crippen molar-refractivity contribution in [2.45, 2.75) is 29.9 Å². The summed E-state index contributed by atoms with van der Waals surface area (Å²) < 4.78 is 27.5. The second kappa shape index (κ2) is 8.79. The van der Waals surface area contributed by atoms with Crippen molar-refractivity contribution in [2.75, 3.05) is 19.6 Å². The van der Waals surface area contributed by atoms with Crippen molar-refractivity contribution in [3.8, 4) is 0 Å². The van der Waals surface area contributed by atoms with Crippen molar-refractivity contribution < 1.29 is 13.2 Å². The molecule has 1 aromatic heterocycles. The first-order valence-corrected chi connectivity index (χ1v) is 11.3. The maximum atomic E-state index is 12.5. The number of nitrogens with one attached hydrogen (secondary N) is 1. The van der Waals surface area contributed by atoms with Crippen molar-refractivity contribution in [3.05, 3.63) is 53.4 Å². The molecular weight excluding hydrogens is 368 g/mol. The van der Waals surface area contributed by atoms with Crippen LogP contribution in [0.15, 0.2) is 52.1 Å². The first kappa shape index (κ1) is 19.1. The van der Waals surface area contributed by atoms with Gasteiger partial charge in [0.15, 0.2) is 0 Å². The third kappa shape index (κ3) is 5.16. The van der Waals surface area contributed by atoms with Crippen LogP contribution in [0.4, 0.5) is 0 Å². The minimum Gasteiger partial charge on any atom is -0.342 e. The normalized spacial score (nSPS) is 18.0. The van der Waals surface area contributed by atoms with E-state index >= 15 is 0 Å². The zero-order valence-corrected chi connectivity index (χ0v) is 16.3. The number of aryl methyl sites for hydroxylation is 1. The Hall–Kier alpha value is -1.70. The maximum absolute atomic E-state index is 12.5. The van der Waals surface area contributed by atoms with E-state index in [0.29, 0.717) is 23.7 Å². The predicted octanol–water partition coefficient (Wildman–Crippen LogP) is 2.90. The van der Waals surface area contributed by atoms with E-state index in [2.05, 4.69) is 4.72 Å². The molecule has 1 aliphatic heterocycles. The Kier molecular flexibility index (Phi) is 6.45. The molecule has 5 nitrogen and oxygen atoms in total. The van der Waals surface area contributed by atoms with Gasteiger partial charge in [0.2, 0.25) is 15.9 Å². The summed E-state index contributed by atoms with van der Waals surface area (Å²) in [6.07, 6.45) is 3.10. The van der Waals surface area contributed by atoms with Crippen LogP contribution in [-0.4, -0.2) is 38.9 Å². The first-order valence-electron chi connectivity index (χ1n) is 8.89. The number of sulfonamides is 1. The van der Waals surface area contributed by atoms with Gasteiger partial charge in [-0.05, 0) is 42.2 Å². The van der Waals surface area contributed by atoms with Crippen molar-refractivity contribution in [1.29, 1.82) is 0 Å². The molecule has 3 rings (SSSR count). The SMILES string of the molecule is O=C(CCc1ccccc1)N1CCC[C@@H](CNS(=O)(=O)c2cccs2)C1. The summed E-state index contributed by atoms with van der Waals surface area (Å²) >= 11 is 1.21. The number of likely N-dealkylation sites (tertiary alicyclic amines) is 1. The second-order valence-corrected chi connectivity index (χ2v) is 9.56. The average molecular weight is 393 g/mol. The van der Waals surface area contributed by atoms with Crippen LogP contribution in [0, 0.1) is 5.92 Å². The van der Waals surface area contributed by atoms with E-state index < -0.39 is 10.0 Å². The lowest BCUT2D eigenvalue weighted by Gasteiger charge is -2.33. The number of nitrogens with zero attached hydrogens (tertiary/aromatic N) is 1. The largest absolute Gasteiger partial charge is 0.342 e. The van der Waals surface area contributed by atoms with Gasteiger partial charge in [-0.1, -0.05) is 36.4 Å². The van der Waals surface area contributed by atoms with Gasteiger partial charge in [-0.25, -0.2) is 13.1 Å². The molecular formula is C19H24N2O3S2. The van der Waals surface area contributed by atoms with E-state index in [1.165, 1.54) is 11.3 Å². The Labute approximate surface area is 159 Å². The van der Waals surface area contributed by atoms with Crippen LogP contribution in [-0.2, 0) is 21.2 Å². The van der Waals surface area contributed by atoms with Gasteiger partial charge < -0.3 is 4.90 Å². The highest BCUT2D eigenvalue weighted by Crippen LogP contribution is 2.19.